The summed E-state index contributed by atoms with van der Waals surface area (Å²) in [7, 11) is 1.89. The van der Waals surface area contributed by atoms with Crippen LogP contribution in [-0.4, -0.2) is 23.7 Å². The number of benzene rings is 2. The highest BCUT2D eigenvalue weighted by atomic mass is 32.1. The summed E-state index contributed by atoms with van der Waals surface area (Å²) in [5.74, 6) is 0.553. The first-order valence-corrected chi connectivity index (χ1v) is 8.01. The van der Waals surface area contributed by atoms with Crippen molar-refractivity contribution >= 4 is 23.0 Å². The van der Waals surface area contributed by atoms with Gasteiger partial charge in [0.15, 0.2) is 5.11 Å². The van der Waals surface area contributed by atoms with Crippen molar-refractivity contribution < 1.29 is 9.13 Å². The van der Waals surface area contributed by atoms with E-state index in [-0.39, 0.29) is 5.82 Å². The molecule has 0 saturated carbocycles. The van der Waals surface area contributed by atoms with Gasteiger partial charge >= 0.3 is 0 Å². The summed E-state index contributed by atoms with van der Waals surface area (Å²) in [6, 6.07) is 12.8. The number of nitrogens with zero attached hydrogens (tertiary/aromatic N) is 1. The average Bonchev–Trinajstić information content (AvgIpc) is 2.57. The minimum atomic E-state index is -0.249. The largest absolute Gasteiger partial charge is 0.490 e. The van der Waals surface area contributed by atoms with Gasteiger partial charge in [0, 0.05) is 19.3 Å². The Morgan fingerprint density at radius 2 is 2.00 bits per heavy atom. The first-order chi connectivity index (χ1) is 11.5. The van der Waals surface area contributed by atoms with Crippen molar-refractivity contribution in [3.05, 3.63) is 72.1 Å². The summed E-state index contributed by atoms with van der Waals surface area (Å²) < 4.78 is 19.0. The van der Waals surface area contributed by atoms with Crippen LogP contribution in [-0.2, 0) is 6.54 Å². The van der Waals surface area contributed by atoms with E-state index in [1.807, 2.05) is 42.3 Å². The van der Waals surface area contributed by atoms with E-state index in [1.165, 1.54) is 6.07 Å². The molecule has 0 atom stereocenters. The molecule has 0 bridgehead atoms. The van der Waals surface area contributed by atoms with Crippen molar-refractivity contribution in [2.75, 3.05) is 19.0 Å². The molecule has 126 valence electrons. The Morgan fingerprint density at radius 1 is 1.29 bits per heavy atom. The Balaban J connectivity index is 1.93. The van der Waals surface area contributed by atoms with E-state index in [9.17, 15) is 4.39 Å². The number of rotatable bonds is 6. The molecule has 5 heteroatoms. The number of aryl methyl sites for hydroxylation is 1. The van der Waals surface area contributed by atoms with Crippen molar-refractivity contribution in [3.8, 4) is 5.75 Å². The van der Waals surface area contributed by atoms with E-state index in [0.717, 1.165) is 11.3 Å². The molecule has 0 amide bonds. The Hall–Kier alpha value is -2.40. The zero-order valence-corrected chi connectivity index (χ0v) is 14.7. The first kappa shape index (κ1) is 17.9. The summed E-state index contributed by atoms with van der Waals surface area (Å²) >= 11 is 5.37. The zero-order valence-electron chi connectivity index (χ0n) is 13.9. The van der Waals surface area contributed by atoms with E-state index >= 15 is 0 Å². The number of hydrogen-bond acceptors (Lipinski definition) is 2. The molecule has 2 rings (SSSR count). The van der Waals surface area contributed by atoms with Crippen molar-refractivity contribution in [2.45, 2.75) is 13.5 Å². The molecule has 2 aromatic carbocycles. The van der Waals surface area contributed by atoms with Crippen molar-refractivity contribution in [2.24, 2.45) is 0 Å². The van der Waals surface area contributed by atoms with Gasteiger partial charge in [0.25, 0.3) is 0 Å². The topological polar surface area (TPSA) is 24.5 Å². The molecule has 0 aliphatic heterocycles. The SMILES string of the molecule is C=CCOc1ccc(CN(C)C(=S)Nc2ccc(C)c(F)c2)cc1. The Kier molecular flexibility index (Phi) is 6.32. The van der Waals surface area contributed by atoms with Crippen LogP contribution in [0.4, 0.5) is 10.1 Å². The highest BCUT2D eigenvalue weighted by Gasteiger charge is 2.07. The lowest BCUT2D eigenvalue weighted by Gasteiger charge is -2.21. The predicted molar refractivity (Wildman–Crippen MR) is 101 cm³/mol. The summed E-state index contributed by atoms with van der Waals surface area (Å²) in [4.78, 5) is 1.90. The number of ether oxygens (including phenoxy) is 1. The third kappa shape index (κ3) is 5.06. The molecular formula is C19H21FN2OS. The Bertz CT molecular complexity index is 716. The number of halogens is 1. The fourth-order valence-corrected chi connectivity index (χ4v) is 2.26. The smallest absolute Gasteiger partial charge is 0.173 e. The zero-order chi connectivity index (χ0) is 17.5. The van der Waals surface area contributed by atoms with Crippen LogP contribution in [0, 0.1) is 12.7 Å². The van der Waals surface area contributed by atoms with Crippen LogP contribution < -0.4 is 10.1 Å². The van der Waals surface area contributed by atoms with Crippen LogP contribution in [0.1, 0.15) is 11.1 Å². The van der Waals surface area contributed by atoms with E-state index < -0.39 is 0 Å². The van der Waals surface area contributed by atoms with Gasteiger partial charge in [0.2, 0.25) is 0 Å². The molecule has 0 radical (unpaired) electrons. The average molecular weight is 344 g/mol. The highest BCUT2D eigenvalue weighted by Crippen LogP contribution is 2.16. The highest BCUT2D eigenvalue weighted by molar-refractivity contribution is 7.80. The van der Waals surface area contributed by atoms with Gasteiger partial charge in [0.1, 0.15) is 18.2 Å². The minimum Gasteiger partial charge on any atom is -0.490 e. The quantitative estimate of drug-likeness (QED) is 0.615. The summed E-state index contributed by atoms with van der Waals surface area (Å²) in [6.07, 6.45) is 1.71. The monoisotopic (exact) mass is 344 g/mol. The lowest BCUT2D eigenvalue weighted by atomic mass is 10.2. The van der Waals surface area contributed by atoms with Gasteiger partial charge in [-0.3, -0.25) is 0 Å². The third-order valence-electron chi connectivity index (χ3n) is 3.48. The molecule has 0 fully saturated rings. The van der Waals surface area contributed by atoms with E-state index in [1.54, 1.807) is 19.1 Å². The normalized spacial score (nSPS) is 10.1. The molecule has 0 aromatic heterocycles. The standard InChI is InChI=1S/C19H21FN2OS/c1-4-11-23-17-9-6-15(7-10-17)13-22(3)19(24)21-16-8-5-14(2)18(20)12-16/h4-10,12H,1,11,13H2,2-3H3,(H,21,24). The van der Waals surface area contributed by atoms with Gasteiger partial charge in [-0.1, -0.05) is 30.9 Å². The Morgan fingerprint density at radius 3 is 2.62 bits per heavy atom. The molecule has 0 aliphatic carbocycles. The van der Waals surface area contributed by atoms with Gasteiger partial charge in [-0.25, -0.2) is 4.39 Å². The maximum atomic E-state index is 13.6. The molecule has 0 unspecified atom stereocenters. The maximum absolute atomic E-state index is 13.6. The second-order valence-corrected chi connectivity index (χ2v) is 5.88. The van der Waals surface area contributed by atoms with Crippen LogP contribution >= 0.6 is 12.2 Å². The number of hydrogen-bond donors (Lipinski definition) is 1. The van der Waals surface area contributed by atoms with Crippen LogP contribution in [0.3, 0.4) is 0 Å². The van der Waals surface area contributed by atoms with E-state index in [2.05, 4.69) is 11.9 Å². The molecule has 0 spiro atoms. The fraction of sp³-hybridized carbons (Fsp3) is 0.211. The summed E-state index contributed by atoms with van der Waals surface area (Å²) in [5, 5.41) is 3.58. The lowest BCUT2D eigenvalue weighted by molar-refractivity contribution is 0.363. The summed E-state index contributed by atoms with van der Waals surface area (Å²) in [5.41, 5.74) is 2.35. The molecule has 3 nitrogen and oxygen atoms in total. The van der Waals surface area contributed by atoms with Gasteiger partial charge in [0.05, 0.1) is 0 Å². The number of anilines is 1. The van der Waals surface area contributed by atoms with Crippen LogP contribution in [0.5, 0.6) is 5.75 Å². The minimum absolute atomic E-state index is 0.249. The fourth-order valence-electron chi connectivity index (χ4n) is 2.08. The van der Waals surface area contributed by atoms with Crippen LogP contribution in [0.2, 0.25) is 0 Å². The first-order valence-electron chi connectivity index (χ1n) is 7.60. The molecular weight excluding hydrogens is 323 g/mol. The molecule has 1 N–H and O–H groups in total. The molecule has 0 saturated heterocycles. The van der Waals surface area contributed by atoms with Crippen LogP contribution in [0.25, 0.3) is 0 Å². The molecule has 24 heavy (non-hydrogen) atoms. The maximum Gasteiger partial charge on any atom is 0.173 e. The number of nitrogens with one attached hydrogen (secondary N) is 1. The van der Waals surface area contributed by atoms with Gasteiger partial charge in [-0.15, -0.1) is 0 Å². The molecule has 0 heterocycles. The number of thiocarbonyl (C=S) groups is 1. The van der Waals surface area contributed by atoms with Gasteiger partial charge in [-0.2, -0.15) is 0 Å². The van der Waals surface area contributed by atoms with E-state index in [0.29, 0.717) is 29.5 Å². The van der Waals surface area contributed by atoms with Gasteiger partial charge < -0.3 is 15.0 Å². The molecule has 2 aromatic rings. The Labute approximate surface area is 147 Å². The second kappa shape index (κ2) is 8.45. The third-order valence-corrected chi connectivity index (χ3v) is 3.89. The van der Waals surface area contributed by atoms with Crippen molar-refractivity contribution in [3.63, 3.8) is 0 Å². The predicted octanol–water partition coefficient (Wildman–Crippen LogP) is 4.53. The van der Waals surface area contributed by atoms with Gasteiger partial charge in [-0.05, 0) is 54.5 Å². The van der Waals surface area contributed by atoms with Crippen molar-refractivity contribution in [1.82, 2.24) is 4.90 Å². The van der Waals surface area contributed by atoms with Crippen LogP contribution in [0.15, 0.2) is 55.1 Å². The second-order valence-electron chi connectivity index (χ2n) is 5.49. The van der Waals surface area contributed by atoms with Crippen molar-refractivity contribution in [1.29, 1.82) is 0 Å². The van der Waals surface area contributed by atoms with E-state index in [4.69, 9.17) is 17.0 Å². The summed E-state index contributed by atoms with van der Waals surface area (Å²) in [6.45, 7) is 6.48. The molecule has 0 aliphatic rings. The lowest BCUT2D eigenvalue weighted by Crippen LogP contribution is -2.30.